The number of aldehydes is 1. The van der Waals surface area contributed by atoms with Gasteiger partial charge in [-0.15, -0.1) is 0 Å². The highest BCUT2D eigenvalue weighted by atomic mass is 28.4. The predicted octanol–water partition coefficient (Wildman–Crippen LogP) is 22.5. The number of carbonyl (C=O) groups excluding carboxylic acids is 1. The summed E-state index contributed by atoms with van der Waals surface area (Å²) < 4.78 is 30.8. The van der Waals surface area contributed by atoms with E-state index < -0.39 is 16.6 Å². The van der Waals surface area contributed by atoms with E-state index >= 15 is 0 Å². The number of rotatable bonds is 23. The zero-order valence-electron chi connectivity index (χ0n) is 57.2. The van der Waals surface area contributed by atoms with Gasteiger partial charge in [-0.1, -0.05) is 184 Å². The van der Waals surface area contributed by atoms with E-state index in [2.05, 4.69) is 237 Å². The lowest BCUT2D eigenvalue weighted by molar-refractivity contribution is 0.0657. The van der Waals surface area contributed by atoms with Crippen LogP contribution in [0.15, 0.2) is 112 Å². The Hall–Kier alpha value is -5.00. The molecule has 2 atom stereocenters. The minimum Gasteiger partial charge on any atom is -0.504 e. The molecule has 0 bridgehead atoms. The Morgan fingerprint density at radius 2 is 0.798 bits per heavy atom. The number of hydrogen-bond acceptors (Lipinski definition) is 6. The van der Waals surface area contributed by atoms with Crippen LogP contribution in [-0.2, 0) is 37.3 Å². The molecule has 460 valence electrons. The van der Waals surface area contributed by atoms with Crippen LogP contribution in [0.1, 0.15) is 221 Å². The van der Waals surface area contributed by atoms with Crippen LogP contribution < -0.4 is 0 Å². The third kappa shape index (κ3) is 16.3. The predicted molar refractivity (Wildman–Crippen MR) is 364 cm³/mol. The lowest BCUT2D eigenvalue weighted by atomic mass is 9.69. The molecule has 0 saturated carbocycles. The second-order valence-corrected chi connectivity index (χ2v) is 39.0. The Morgan fingerprint density at radius 1 is 0.464 bits per heavy atom. The van der Waals surface area contributed by atoms with Gasteiger partial charge in [-0.05, 0) is 206 Å². The largest absolute Gasteiger partial charge is 0.504 e. The second kappa shape index (κ2) is 27.8. The fourth-order valence-corrected chi connectivity index (χ4v) is 14.8. The fourth-order valence-electron chi connectivity index (χ4n) is 11.7. The molecule has 2 unspecified atom stereocenters. The SMILES string of the molecule is CCC(CC)(c1ccc(CCC(O[Si](C)(C)C(C)(C)C)C(C)(C)C)c(C)c1)c1ccc(-c2ccc(/C=C/OC)o2)c(C)c1.CCC(CC)(c1ccc(CCC(O[Si](C)(C)C(C)(C)C)C(C)(C)C)c(C)c1)c1ccc(-c2ccc(C=O)o2)c(C)c1. The number of benzene rings is 4. The molecule has 2 aromatic heterocycles. The summed E-state index contributed by atoms with van der Waals surface area (Å²) in [6.07, 6.45) is 12.9. The molecule has 0 aliphatic heterocycles. The molecule has 0 aliphatic rings. The summed E-state index contributed by atoms with van der Waals surface area (Å²) in [6.45, 7) is 55.5. The number of ether oxygens (including phenoxy) is 1. The summed E-state index contributed by atoms with van der Waals surface area (Å²) in [5.41, 5.74) is 15.7. The lowest BCUT2D eigenvalue weighted by Crippen LogP contribution is -2.47. The average Bonchev–Trinajstić information content (AvgIpc) is 1.54. The van der Waals surface area contributed by atoms with E-state index in [4.69, 9.17) is 22.4 Å². The molecule has 6 aromatic rings. The molecule has 0 spiro atoms. The molecular weight excluding hydrogens is 1070 g/mol. The molecule has 0 amide bonds. The van der Waals surface area contributed by atoms with Crippen molar-refractivity contribution in [1.82, 2.24) is 0 Å². The van der Waals surface area contributed by atoms with Crippen molar-refractivity contribution in [2.45, 2.75) is 249 Å². The zero-order valence-corrected chi connectivity index (χ0v) is 59.2. The third-order valence-corrected chi connectivity index (χ3v) is 28.8. The van der Waals surface area contributed by atoms with Gasteiger partial charge in [0.25, 0.3) is 0 Å². The maximum atomic E-state index is 11.1. The maximum Gasteiger partial charge on any atom is 0.192 e. The molecule has 6 nitrogen and oxygen atoms in total. The summed E-state index contributed by atoms with van der Waals surface area (Å²) >= 11 is 0. The zero-order chi connectivity index (χ0) is 63.0. The van der Waals surface area contributed by atoms with Crippen LogP contribution in [0, 0.1) is 38.5 Å². The van der Waals surface area contributed by atoms with Crippen molar-refractivity contribution >= 4 is 29.0 Å². The summed E-state index contributed by atoms with van der Waals surface area (Å²) in [5.74, 6) is 2.76. The van der Waals surface area contributed by atoms with Gasteiger partial charge in [-0.2, -0.15) is 0 Å². The number of hydrogen-bond donors (Lipinski definition) is 0. The molecule has 0 aliphatic carbocycles. The van der Waals surface area contributed by atoms with Gasteiger partial charge in [0.15, 0.2) is 28.7 Å². The first-order chi connectivity index (χ1) is 39.0. The highest BCUT2D eigenvalue weighted by Crippen LogP contribution is 2.46. The minimum atomic E-state index is -1.86. The monoisotopic (exact) mass is 1180 g/mol. The Balaban J connectivity index is 0.000000308. The van der Waals surface area contributed by atoms with Crippen LogP contribution in [0.3, 0.4) is 0 Å². The average molecular weight is 1180 g/mol. The number of methoxy groups -OCH3 is 1. The highest BCUT2D eigenvalue weighted by Gasteiger charge is 2.43. The molecule has 0 fully saturated rings. The van der Waals surface area contributed by atoms with Crippen molar-refractivity contribution in [2.24, 2.45) is 10.8 Å². The van der Waals surface area contributed by atoms with Crippen molar-refractivity contribution in [1.29, 1.82) is 0 Å². The molecular formula is C76H112O6Si2. The van der Waals surface area contributed by atoms with Gasteiger partial charge in [0.2, 0.25) is 0 Å². The van der Waals surface area contributed by atoms with Crippen LogP contribution in [0.4, 0.5) is 0 Å². The smallest absolute Gasteiger partial charge is 0.192 e. The second-order valence-electron chi connectivity index (χ2n) is 29.5. The standard InChI is InChI=1S/C39H58O3Si.C37H54O3Si/c1-14-39(15-2,32-19-21-34(29(4)27-32)35-22-20-33(41-35)24-25-40-11)31-18-16-30(28(3)26-31)17-23-36(37(5,6)7)42-43(12,13)38(8,9)10;1-13-37(14-2,30-18-20-32(27(4)24-30)33-21-19-31(25-38)39-33)29-17-15-28(26(3)23-29)16-22-34(35(5,6)7)40-41(11,12)36(8,9)10/h16,18-22,24-27,36H,14-15,17,23H2,1-13H3;15,17-21,23-25,34H,13-14,16,22H2,1-12H3/b25-24+;. The van der Waals surface area contributed by atoms with E-state index in [9.17, 15) is 4.79 Å². The van der Waals surface area contributed by atoms with E-state index in [1.165, 1.54) is 50.1 Å². The minimum absolute atomic E-state index is 0.0402. The first-order valence-corrected chi connectivity index (χ1v) is 37.4. The maximum absolute atomic E-state index is 11.1. The van der Waals surface area contributed by atoms with Crippen LogP contribution in [-0.4, -0.2) is 42.2 Å². The van der Waals surface area contributed by atoms with Crippen molar-refractivity contribution < 1.29 is 27.2 Å². The summed E-state index contributed by atoms with van der Waals surface area (Å²) in [5, 5.41) is 0.404. The van der Waals surface area contributed by atoms with Crippen molar-refractivity contribution in [3.05, 3.63) is 170 Å². The lowest BCUT2D eigenvalue weighted by Gasteiger charge is -2.43. The number of aryl methyl sites for hydroxylation is 6. The number of carbonyl (C=O) groups is 1. The van der Waals surface area contributed by atoms with Gasteiger partial charge in [0.05, 0.1) is 25.6 Å². The van der Waals surface area contributed by atoms with E-state index in [1.807, 2.05) is 24.3 Å². The Kier molecular flexibility index (Phi) is 23.1. The highest BCUT2D eigenvalue weighted by molar-refractivity contribution is 6.74. The molecule has 8 heteroatoms. The first kappa shape index (κ1) is 69.8. The molecule has 6 rings (SSSR count). The molecule has 0 saturated heterocycles. The van der Waals surface area contributed by atoms with E-state index in [0.717, 1.165) is 91.6 Å². The first-order valence-electron chi connectivity index (χ1n) is 31.6. The van der Waals surface area contributed by atoms with E-state index in [1.54, 1.807) is 19.4 Å². The third-order valence-electron chi connectivity index (χ3n) is 19.8. The normalized spacial score (nSPS) is 13.9. The van der Waals surface area contributed by atoms with Gasteiger partial charge in [0, 0.05) is 28.0 Å². The molecule has 84 heavy (non-hydrogen) atoms. The molecule has 2 heterocycles. The van der Waals surface area contributed by atoms with Gasteiger partial charge in [-0.3, -0.25) is 4.79 Å². The van der Waals surface area contributed by atoms with Gasteiger partial charge < -0.3 is 22.4 Å². The number of furan rings is 2. The summed E-state index contributed by atoms with van der Waals surface area (Å²) in [6, 6.07) is 35.6. The quantitative estimate of drug-likeness (QED) is 0.0362. The molecule has 0 N–H and O–H groups in total. The van der Waals surface area contributed by atoms with E-state index in [-0.39, 0.29) is 43.9 Å². The van der Waals surface area contributed by atoms with Crippen LogP contribution >= 0.6 is 0 Å². The van der Waals surface area contributed by atoms with Crippen LogP contribution in [0.2, 0.25) is 36.3 Å². The van der Waals surface area contributed by atoms with Gasteiger partial charge in [0.1, 0.15) is 17.3 Å². The molecule has 4 aromatic carbocycles. The Bertz CT molecular complexity index is 3130. The molecule has 0 radical (unpaired) electrons. The van der Waals surface area contributed by atoms with Crippen molar-refractivity contribution in [2.75, 3.05) is 7.11 Å². The Labute approximate surface area is 513 Å². The summed E-state index contributed by atoms with van der Waals surface area (Å²) in [4.78, 5) is 11.1. The van der Waals surface area contributed by atoms with Gasteiger partial charge >= 0.3 is 0 Å². The van der Waals surface area contributed by atoms with Crippen molar-refractivity contribution in [3.63, 3.8) is 0 Å². The van der Waals surface area contributed by atoms with Crippen LogP contribution in [0.25, 0.3) is 28.7 Å². The van der Waals surface area contributed by atoms with E-state index in [0.29, 0.717) is 5.76 Å². The fraction of sp³-hybridized carbons (Fsp3) is 0.539. The summed E-state index contributed by atoms with van der Waals surface area (Å²) in [7, 11) is -2.08. The topological polar surface area (TPSA) is 71.0 Å². The van der Waals surface area contributed by atoms with Crippen molar-refractivity contribution in [3.8, 4) is 22.6 Å². The van der Waals surface area contributed by atoms with Gasteiger partial charge in [-0.25, -0.2) is 0 Å². The Morgan fingerprint density at radius 3 is 1.08 bits per heavy atom. The van der Waals surface area contributed by atoms with Crippen LogP contribution in [0.5, 0.6) is 0 Å².